The summed E-state index contributed by atoms with van der Waals surface area (Å²) < 4.78 is 3.43. The first-order valence-corrected chi connectivity index (χ1v) is 14.7. The van der Waals surface area contributed by atoms with E-state index in [9.17, 15) is 0 Å². The molecule has 0 spiro atoms. The second-order valence-corrected chi connectivity index (χ2v) is 11.4. The molecule has 0 N–H and O–H groups in total. The lowest BCUT2D eigenvalue weighted by molar-refractivity contribution is 0.831. The van der Waals surface area contributed by atoms with Crippen LogP contribution in [0.5, 0.6) is 0 Å². The largest absolute Gasteiger partial charge is 0.319 e. The van der Waals surface area contributed by atoms with E-state index in [1.165, 1.54) is 49.0 Å². The molecule has 0 radical (unpaired) electrons. The summed E-state index contributed by atoms with van der Waals surface area (Å²) in [6.45, 7) is 0.733. The van der Waals surface area contributed by atoms with E-state index in [1.807, 2.05) is 0 Å². The average molecular weight is 590 g/mol. The summed E-state index contributed by atoms with van der Waals surface area (Å²) in [6, 6.07) is 50.0. The summed E-state index contributed by atoms with van der Waals surface area (Å²) in [5, 5.41) is 7.74. The molecule has 1 heterocycles. The van der Waals surface area contributed by atoms with Crippen LogP contribution in [0.2, 0.25) is 0 Å². The Bertz CT molecular complexity index is 2220. The number of hydrogen-bond acceptors (Lipinski definition) is 1. The Morgan fingerprint density at radius 3 is 1.83 bits per heavy atom. The van der Waals surface area contributed by atoms with Crippen molar-refractivity contribution in [3.05, 3.63) is 150 Å². The average Bonchev–Trinajstić information content (AvgIpc) is 3.40. The molecule has 0 bridgehead atoms. The van der Waals surface area contributed by atoms with Crippen LogP contribution in [-0.4, -0.2) is 9.55 Å². The van der Waals surface area contributed by atoms with E-state index in [0.29, 0.717) is 0 Å². The van der Waals surface area contributed by atoms with E-state index in [-0.39, 0.29) is 0 Å². The van der Waals surface area contributed by atoms with Crippen LogP contribution in [0, 0.1) is 0 Å². The summed E-state index contributed by atoms with van der Waals surface area (Å²) in [5.41, 5.74) is 6.85. The van der Waals surface area contributed by atoms with Crippen molar-refractivity contribution >= 4 is 59.3 Å². The quantitative estimate of drug-likeness (QED) is 0.187. The van der Waals surface area contributed by atoms with Gasteiger partial charge in [0.2, 0.25) is 0 Å². The minimum Gasteiger partial charge on any atom is -0.319 e. The van der Waals surface area contributed by atoms with Gasteiger partial charge in [-0.05, 0) is 79.3 Å². The normalized spacial score (nSPS) is 11.6. The van der Waals surface area contributed by atoms with Gasteiger partial charge in [0, 0.05) is 10.0 Å². The van der Waals surface area contributed by atoms with Crippen LogP contribution in [0.15, 0.2) is 144 Å². The Labute approximate surface area is 246 Å². The second kappa shape index (κ2) is 9.72. The molecule has 0 atom stereocenters. The summed E-state index contributed by atoms with van der Waals surface area (Å²) in [7, 11) is 0. The molecule has 0 aliphatic heterocycles. The third kappa shape index (κ3) is 4.04. The van der Waals surface area contributed by atoms with Crippen LogP contribution in [0.1, 0.15) is 5.56 Å². The topological polar surface area (TPSA) is 17.8 Å². The lowest BCUT2D eigenvalue weighted by Crippen LogP contribution is -2.03. The highest BCUT2D eigenvalue weighted by atomic mass is 79.9. The molecule has 0 saturated carbocycles. The molecular formula is C38H25BrN2. The van der Waals surface area contributed by atoms with E-state index in [1.54, 1.807) is 0 Å². The van der Waals surface area contributed by atoms with Gasteiger partial charge in [0.05, 0.1) is 17.6 Å². The van der Waals surface area contributed by atoms with Crippen molar-refractivity contribution in [3.63, 3.8) is 0 Å². The van der Waals surface area contributed by atoms with Crippen molar-refractivity contribution in [2.75, 3.05) is 0 Å². The van der Waals surface area contributed by atoms with E-state index >= 15 is 0 Å². The number of imidazole rings is 1. The molecule has 0 fully saturated rings. The Hall–Kier alpha value is -4.73. The molecule has 194 valence electrons. The fraction of sp³-hybridized carbons (Fsp3) is 0.0263. The van der Waals surface area contributed by atoms with Crippen molar-refractivity contribution in [2.24, 2.45) is 0 Å². The van der Waals surface area contributed by atoms with Crippen molar-refractivity contribution < 1.29 is 0 Å². The fourth-order valence-electron chi connectivity index (χ4n) is 6.18. The maximum Gasteiger partial charge on any atom is 0.141 e. The Kier molecular flexibility index (Phi) is 5.71. The van der Waals surface area contributed by atoms with Gasteiger partial charge in [-0.1, -0.05) is 125 Å². The standard InChI is InChI=1S/C38H25BrN2/c39-35-17-6-1-10-28(35)24-41-37-19-8-7-18-36(37)40-38(41)27-12-9-11-25(22-27)26-20-21-33-31-15-3-2-13-29(31)30-14-4-5-16-32(30)34(33)23-26/h1-23H,24H2. The molecule has 0 amide bonds. The maximum absolute atomic E-state index is 5.12. The number of nitrogens with zero attached hydrogens (tertiary/aromatic N) is 2. The molecule has 8 rings (SSSR count). The first-order valence-electron chi connectivity index (χ1n) is 13.9. The van der Waals surface area contributed by atoms with Gasteiger partial charge in [0.1, 0.15) is 5.82 Å². The minimum atomic E-state index is 0.733. The molecule has 3 heteroatoms. The number of rotatable bonds is 4. The number of aromatic nitrogens is 2. The van der Waals surface area contributed by atoms with E-state index in [2.05, 4.69) is 160 Å². The molecule has 7 aromatic carbocycles. The predicted molar refractivity (Wildman–Crippen MR) is 176 cm³/mol. The van der Waals surface area contributed by atoms with Crippen LogP contribution in [0.3, 0.4) is 0 Å². The first kappa shape index (κ1) is 24.1. The SMILES string of the molecule is Brc1ccccc1Cn1c(-c2cccc(-c3ccc4c5ccccc5c5ccccc5c4c3)c2)nc2ccccc21. The molecule has 8 aromatic rings. The van der Waals surface area contributed by atoms with Crippen LogP contribution < -0.4 is 0 Å². The lowest BCUT2D eigenvalue weighted by Gasteiger charge is -2.13. The molecule has 0 saturated heterocycles. The van der Waals surface area contributed by atoms with Crippen LogP contribution in [0.4, 0.5) is 0 Å². The van der Waals surface area contributed by atoms with Gasteiger partial charge in [-0.3, -0.25) is 0 Å². The third-order valence-electron chi connectivity index (χ3n) is 8.14. The first-order chi connectivity index (χ1) is 20.2. The number of para-hydroxylation sites is 2. The van der Waals surface area contributed by atoms with Gasteiger partial charge >= 0.3 is 0 Å². The minimum absolute atomic E-state index is 0.733. The van der Waals surface area contributed by atoms with Gasteiger partial charge in [-0.15, -0.1) is 0 Å². The van der Waals surface area contributed by atoms with Gasteiger partial charge in [-0.2, -0.15) is 0 Å². The number of fused-ring (bicyclic) bond motifs is 7. The summed E-state index contributed by atoms with van der Waals surface area (Å²) in [6.07, 6.45) is 0. The Morgan fingerprint density at radius 1 is 0.488 bits per heavy atom. The summed E-state index contributed by atoms with van der Waals surface area (Å²) in [5.74, 6) is 0.973. The molecule has 0 aliphatic carbocycles. The third-order valence-corrected chi connectivity index (χ3v) is 8.91. The number of halogens is 1. The van der Waals surface area contributed by atoms with Crippen LogP contribution >= 0.6 is 15.9 Å². The lowest BCUT2D eigenvalue weighted by atomic mass is 9.92. The molecule has 0 aliphatic rings. The summed E-state index contributed by atoms with van der Waals surface area (Å²) >= 11 is 3.75. The number of hydrogen-bond donors (Lipinski definition) is 0. The second-order valence-electron chi connectivity index (χ2n) is 10.5. The monoisotopic (exact) mass is 588 g/mol. The molecule has 41 heavy (non-hydrogen) atoms. The van der Waals surface area contributed by atoms with Crippen molar-refractivity contribution in [1.29, 1.82) is 0 Å². The smallest absolute Gasteiger partial charge is 0.141 e. The van der Waals surface area contributed by atoms with Crippen LogP contribution in [0.25, 0.3) is 65.9 Å². The molecule has 2 nitrogen and oxygen atoms in total. The Morgan fingerprint density at radius 2 is 1.07 bits per heavy atom. The molecule has 0 unspecified atom stereocenters. The maximum atomic E-state index is 5.12. The van der Waals surface area contributed by atoms with Crippen molar-refractivity contribution in [2.45, 2.75) is 6.54 Å². The predicted octanol–water partition coefficient (Wildman–Crippen LogP) is 10.6. The zero-order valence-electron chi connectivity index (χ0n) is 22.3. The van der Waals surface area contributed by atoms with Gasteiger partial charge in [-0.25, -0.2) is 4.98 Å². The van der Waals surface area contributed by atoms with Crippen LogP contribution in [-0.2, 0) is 6.54 Å². The fourth-order valence-corrected chi connectivity index (χ4v) is 6.59. The van der Waals surface area contributed by atoms with E-state index < -0.39 is 0 Å². The Balaban J connectivity index is 1.30. The van der Waals surface area contributed by atoms with Crippen molar-refractivity contribution in [1.82, 2.24) is 9.55 Å². The summed E-state index contributed by atoms with van der Waals surface area (Å²) in [4.78, 5) is 5.12. The van der Waals surface area contributed by atoms with Gasteiger partial charge in [0.15, 0.2) is 0 Å². The zero-order chi connectivity index (χ0) is 27.3. The van der Waals surface area contributed by atoms with E-state index in [4.69, 9.17) is 4.98 Å². The van der Waals surface area contributed by atoms with Crippen molar-refractivity contribution in [3.8, 4) is 22.5 Å². The highest BCUT2D eigenvalue weighted by Crippen LogP contribution is 2.38. The van der Waals surface area contributed by atoms with Gasteiger partial charge < -0.3 is 4.57 Å². The molecule has 1 aromatic heterocycles. The number of benzene rings is 7. The highest BCUT2D eigenvalue weighted by molar-refractivity contribution is 9.10. The van der Waals surface area contributed by atoms with Gasteiger partial charge in [0.25, 0.3) is 0 Å². The highest BCUT2D eigenvalue weighted by Gasteiger charge is 2.15. The zero-order valence-corrected chi connectivity index (χ0v) is 23.8. The molecular weight excluding hydrogens is 564 g/mol. The van der Waals surface area contributed by atoms with E-state index in [0.717, 1.165) is 33.4 Å².